The average Bonchev–Trinajstić information content (AvgIpc) is 2.61. The van der Waals surface area contributed by atoms with Crippen LogP contribution in [0.25, 0.3) is 0 Å². The van der Waals surface area contributed by atoms with E-state index in [9.17, 15) is 4.39 Å². The molecule has 0 heterocycles. The number of aliphatic carboxylic acids is 2. The van der Waals surface area contributed by atoms with Gasteiger partial charge in [-0.05, 0) is 42.8 Å². The molecule has 8 heteroatoms. The van der Waals surface area contributed by atoms with Gasteiger partial charge in [-0.2, -0.15) is 0 Å². The van der Waals surface area contributed by atoms with Gasteiger partial charge >= 0.3 is 11.9 Å². The van der Waals surface area contributed by atoms with Crippen molar-refractivity contribution in [3.8, 4) is 5.75 Å². The van der Waals surface area contributed by atoms with E-state index in [0.717, 1.165) is 18.7 Å². The summed E-state index contributed by atoms with van der Waals surface area (Å²) in [7, 11) is 1.65. The van der Waals surface area contributed by atoms with Gasteiger partial charge in [0.05, 0.1) is 7.11 Å². The van der Waals surface area contributed by atoms with E-state index in [-0.39, 0.29) is 5.82 Å². The number of carboxylic acids is 2. The predicted molar refractivity (Wildman–Crippen MR) is 95.1 cm³/mol. The van der Waals surface area contributed by atoms with E-state index in [1.165, 1.54) is 11.6 Å². The zero-order valence-electron chi connectivity index (χ0n) is 14.0. The molecule has 0 spiro atoms. The number of carboxylic acid groups (broad SMARTS) is 2. The molecular formula is C18H19ClFNO5. The number of benzene rings is 2. The predicted octanol–water partition coefficient (Wildman–Crippen LogP) is 2.98. The fourth-order valence-corrected chi connectivity index (χ4v) is 2.17. The molecule has 0 aliphatic rings. The quantitative estimate of drug-likeness (QED) is 0.524. The van der Waals surface area contributed by atoms with Crippen LogP contribution >= 0.6 is 11.6 Å². The van der Waals surface area contributed by atoms with Crippen molar-refractivity contribution in [1.82, 2.24) is 5.32 Å². The molecule has 0 saturated heterocycles. The zero-order chi connectivity index (χ0) is 19.5. The number of hydrogen-bond acceptors (Lipinski definition) is 4. The fourth-order valence-electron chi connectivity index (χ4n) is 1.94. The Hall–Kier alpha value is -2.64. The lowest BCUT2D eigenvalue weighted by Gasteiger charge is -2.08. The van der Waals surface area contributed by atoms with Crippen LogP contribution in [0.15, 0.2) is 42.5 Å². The lowest BCUT2D eigenvalue weighted by Crippen LogP contribution is -2.17. The summed E-state index contributed by atoms with van der Waals surface area (Å²) in [4.78, 5) is 18.2. The van der Waals surface area contributed by atoms with Gasteiger partial charge in [0.25, 0.3) is 0 Å². The molecule has 0 aromatic heterocycles. The number of rotatable bonds is 6. The molecule has 140 valence electrons. The summed E-state index contributed by atoms with van der Waals surface area (Å²) >= 11 is 5.96. The number of hydrogen-bond donors (Lipinski definition) is 3. The van der Waals surface area contributed by atoms with Crippen LogP contribution in [0.1, 0.15) is 11.1 Å². The molecule has 0 bridgehead atoms. The normalized spacial score (nSPS) is 9.81. The van der Waals surface area contributed by atoms with Crippen molar-refractivity contribution in [1.29, 1.82) is 0 Å². The molecule has 0 unspecified atom stereocenters. The van der Waals surface area contributed by atoms with Crippen molar-refractivity contribution in [2.45, 2.75) is 13.0 Å². The molecule has 3 N–H and O–H groups in total. The van der Waals surface area contributed by atoms with Crippen LogP contribution < -0.4 is 10.1 Å². The maximum atomic E-state index is 13.5. The first-order valence-corrected chi connectivity index (χ1v) is 7.95. The third-order valence-electron chi connectivity index (χ3n) is 3.30. The average molecular weight is 384 g/mol. The highest BCUT2D eigenvalue weighted by atomic mass is 35.5. The number of ether oxygens (including phenoxy) is 1. The molecule has 2 aromatic carbocycles. The van der Waals surface area contributed by atoms with Gasteiger partial charge in [0.2, 0.25) is 0 Å². The molecule has 0 saturated carbocycles. The van der Waals surface area contributed by atoms with Crippen LogP contribution in [0.5, 0.6) is 5.75 Å². The largest absolute Gasteiger partial charge is 0.497 e. The van der Waals surface area contributed by atoms with Gasteiger partial charge in [-0.3, -0.25) is 0 Å². The molecule has 0 atom stereocenters. The SMILES string of the molecule is COc1ccc(CCNCc2c(F)cccc2Cl)cc1.O=C(O)C(=O)O. The second-order valence-corrected chi connectivity index (χ2v) is 5.49. The maximum absolute atomic E-state index is 13.5. The maximum Gasteiger partial charge on any atom is 0.414 e. The van der Waals surface area contributed by atoms with E-state index < -0.39 is 11.9 Å². The molecule has 6 nitrogen and oxygen atoms in total. The monoisotopic (exact) mass is 383 g/mol. The highest BCUT2D eigenvalue weighted by Crippen LogP contribution is 2.18. The van der Waals surface area contributed by atoms with Gasteiger partial charge in [0.15, 0.2) is 0 Å². The summed E-state index contributed by atoms with van der Waals surface area (Å²) in [5, 5.41) is 18.4. The standard InChI is InChI=1S/C16H17ClFNO.C2H2O4/c1-20-13-7-5-12(6-8-13)9-10-19-11-14-15(17)3-2-4-16(14)18;3-1(4)2(5)6/h2-8,19H,9-11H2,1H3;(H,3,4)(H,5,6). The number of halogens is 2. The lowest BCUT2D eigenvalue weighted by atomic mass is 10.1. The van der Waals surface area contributed by atoms with Crippen LogP contribution in [0.3, 0.4) is 0 Å². The Morgan fingerprint density at radius 3 is 2.23 bits per heavy atom. The van der Waals surface area contributed by atoms with Gasteiger partial charge in [-0.15, -0.1) is 0 Å². The molecule has 0 amide bonds. The Morgan fingerprint density at radius 1 is 1.12 bits per heavy atom. The van der Waals surface area contributed by atoms with Gasteiger partial charge in [-0.1, -0.05) is 29.8 Å². The highest BCUT2D eigenvalue weighted by molar-refractivity contribution is 6.31. The molecule has 0 aliphatic heterocycles. The Kier molecular flexibility index (Phi) is 9.11. The molecule has 2 aromatic rings. The van der Waals surface area contributed by atoms with E-state index >= 15 is 0 Å². The summed E-state index contributed by atoms with van der Waals surface area (Å²) in [5.74, 6) is -3.07. The van der Waals surface area contributed by atoms with Gasteiger partial charge in [0.1, 0.15) is 11.6 Å². The van der Waals surface area contributed by atoms with E-state index in [1.54, 1.807) is 19.2 Å². The van der Waals surface area contributed by atoms with Crippen molar-refractivity contribution in [3.05, 3.63) is 64.4 Å². The summed E-state index contributed by atoms with van der Waals surface area (Å²) < 4.78 is 18.7. The van der Waals surface area contributed by atoms with Gasteiger partial charge in [-0.25, -0.2) is 14.0 Å². The Balaban J connectivity index is 0.000000487. The minimum atomic E-state index is -1.82. The molecule has 2 rings (SSSR count). The zero-order valence-corrected chi connectivity index (χ0v) is 14.8. The van der Waals surface area contributed by atoms with Crippen LogP contribution in [0.4, 0.5) is 4.39 Å². The molecule has 0 fully saturated rings. The Bertz CT molecular complexity index is 705. The second kappa shape index (κ2) is 11.1. The van der Waals surface area contributed by atoms with Gasteiger partial charge in [0, 0.05) is 17.1 Å². The topological polar surface area (TPSA) is 95.9 Å². The lowest BCUT2D eigenvalue weighted by molar-refractivity contribution is -0.159. The van der Waals surface area contributed by atoms with Crippen LogP contribution in [-0.4, -0.2) is 35.8 Å². The smallest absolute Gasteiger partial charge is 0.414 e. The minimum Gasteiger partial charge on any atom is -0.497 e. The van der Waals surface area contributed by atoms with Crippen molar-refractivity contribution in [3.63, 3.8) is 0 Å². The molecule has 0 radical (unpaired) electrons. The molecule has 0 aliphatic carbocycles. The van der Waals surface area contributed by atoms with Crippen molar-refractivity contribution in [2.24, 2.45) is 0 Å². The first kappa shape index (κ1) is 21.4. The van der Waals surface area contributed by atoms with Crippen molar-refractivity contribution >= 4 is 23.5 Å². The van der Waals surface area contributed by atoms with Crippen molar-refractivity contribution < 1.29 is 28.9 Å². The second-order valence-electron chi connectivity index (χ2n) is 5.09. The Morgan fingerprint density at radius 2 is 1.73 bits per heavy atom. The Labute approximate surface area is 155 Å². The van der Waals surface area contributed by atoms with E-state index in [0.29, 0.717) is 17.1 Å². The molecule has 26 heavy (non-hydrogen) atoms. The van der Waals surface area contributed by atoms with Crippen LogP contribution in [-0.2, 0) is 22.6 Å². The highest BCUT2D eigenvalue weighted by Gasteiger charge is 2.06. The molecular weight excluding hydrogens is 365 g/mol. The van der Waals surface area contributed by atoms with Crippen LogP contribution in [0, 0.1) is 5.82 Å². The third kappa shape index (κ3) is 7.50. The number of methoxy groups -OCH3 is 1. The summed E-state index contributed by atoms with van der Waals surface area (Å²) in [6, 6.07) is 12.6. The fraction of sp³-hybridized carbons (Fsp3) is 0.222. The first-order chi connectivity index (χ1) is 12.3. The van der Waals surface area contributed by atoms with Crippen LogP contribution in [0.2, 0.25) is 5.02 Å². The summed E-state index contributed by atoms with van der Waals surface area (Å²) in [5.41, 5.74) is 1.72. The number of nitrogens with one attached hydrogen (secondary N) is 1. The minimum absolute atomic E-state index is 0.269. The first-order valence-electron chi connectivity index (χ1n) is 7.58. The van der Waals surface area contributed by atoms with E-state index in [4.69, 9.17) is 36.1 Å². The van der Waals surface area contributed by atoms with Crippen molar-refractivity contribution in [2.75, 3.05) is 13.7 Å². The summed E-state index contributed by atoms with van der Waals surface area (Å²) in [6.07, 6.45) is 0.871. The summed E-state index contributed by atoms with van der Waals surface area (Å²) in [6.45, 7) is 1.19. The third-order valence-corrected chi connectivity index (χ3v) is 3.65. The number of carbonyl (C=O) groups is 2. The van der Waals surface area contributed by atoms with E-state index in [1.807, 2.05) is 24.3 Å². The van der Waals surface area contributed by atoms with Gasteiger partial charge < -0.3 is 20.3 Å². The van der Waals surface area contributed by atoms with E-state index in [2.05, 4.69) is 5.32 Å².